The molecule has 2 heterocycles. The average Bonchev–Trinajstić information content (AvgIpc) is 3.55. The zero-order valence-corrected chi connectivity index (χ0v) is 33.9. The highest BCUT2D eigenvalue weighted by Gasteiger charge is 2.40. The molecule has 1 saturated heterocycles. The smallest absolute Gasteiger partial charge is 0.248 e. The Bertz CT molecular complexity index is 1800. The van der Waals surface area contributed by atoms with Gasteiger partial charge in [0.2, 0.25) is 23.6 Å². The molecule has 1 fully saturated rings. The van der Waals surface area contributed by atoms with Gasteiger partial charge in [-0.3, -0.25) is 19.2 Å². The van der Waals surface area contributed by atoms with E-state index >= 15 is 4.39 Å². The highest BCUT2D eigenvalue weighted by atomic mass is 19.1. The van der Waals surface area contributed by atoms with Crippen LogP contribution in [-0.4, -0.2) is 128 Å². The molecule has 3 unspecified atom stereocenters. The topological polar surface area (TPSA) is 177 Å². The number of benzene rings is 2. The first-order valence-electron chi connectivity index (χ1n) is 19.6. The number of nitrogens with zero attached hydrogens (tertiary/aromatic N) is 3. The van der Waals surface area contributed by atoms with Gasteiger partial charge in [-0.25, -0.2) is 8.78 Å². The van der Waals surface area contributed by atoms with Gasteiger partial charge in [0.05, 0.1) is 51.7 Å². The lowest BCUT2D eigenvalue weighted by Crippen LogP contribution is -2.48. The van der Waals surface area contributed by atoms with Crippen molar-refractivity contribution in [3.05, 3.63) is 83.7 Å². The summed E-state index contributed by atoms with van der Waals surface area (Å²) in [6.45, 7) is 10.2. The van der Waals surface area contributed by atoms with E-state index in [9.17, 15) is 28.7 Å². The molecule has 16 heteroatoms. The Balaban J connectivity index is 1.25. The SMILES string of the molecule is CC1C(=O)N1CCOCCOCCOCCC(=O)NCCNC(=O)C(N)CCN(C(=O)CO)C(c1cc(-c2cc(F)ccc2F)cn1Cc1ccccc1)C(C)(C)C. The molecule has 318 valence electrons. The number of hydrogen-bond donors (Lipinski definition) is 4. The number of aromatic nitrogens is 1. The second kappa shape index (κ2) is 22.4. The van der Waals surface area contributed by atoms with Crippen LogP contribution < -0.4 is 16.4 Å². The number of ether oxygens (including phenoxy) is 3. The fraction of sp³-hybridized carbons (Fsp3) is 0.524. The maximum absolute atomic E-state index is 15.0. The van der Waals surface area contributed by atoms with Crippen molar-refractivity contribution in [2.24, 2.45) is 11.1 Å². The lowest BCUT2D eigenvalue weighted by Gasteiger charge is -2.41. The second-order valence-electron chi connectivity index (χ2n) is 15.2. The normalized spacial score (nSPS) is 14.9. The van der Waals surface area contributed by atoms with E-state index < -0.39 is 47.6 Å². The standard InChI is InChI=1S/C42H58F2N6O8/c1-29-41(55)49(29)17-19-57-21-23-58-22-20-56-18-13-37(52)46-14-15-47-40(54)35(45)12-16-50(38(53)28-51)39(42(2,3)4)36-24-31(33-25-32(43)10-11-34(33)44)27-48(36)26-30-8-6-5-7-9-30/h5-11,24-25,27,29,35,39,51H,12-23,26,28,45H2,1-4H3,(H,46,52)(H,47,54). The summed E-state index contributed by atoms with van der Waals surface area (Å²) in [4.78, 5) is 53.1. The Kier molecular flexibility index (Phi) is 17.8. The molecule has 0 spiro atoms. The summed E-state index contributed by atoms with van der Waals surface area (Å²) in [5.41, 5.74) is 7.69. The summed E-state index contributed by atoms with van der Waals surface area (Å²) >= 11 is 0. The van der Waals surface area contributed by atoms with Crippen LogP contribution in [0.3, 0.4) is 0 Å². The van der Waals surface area contributed by atoms with Gasteiger partial charge >= 0.3 is 0 Å². The third-order valence-corrected chi connectivity index (χ3v) is 9.73. The van der Waals surface area contributed by atoms with Crippen LogP contribution in [0, 0.1) is 17.0 Å². The van der Waals surface area contributed by atoms with Crippen molar-refractivity contribution in [1.29, 1.82) is 0 Å². The van der Waals surface area contributed by atoms with Crippen molar-refractivity contribution in [2.45, 2.75) is 65.2 Å². The van der Waals surface area contributed by atoms with Crippen LogP contribution in [0.1, 0.15) is 57.8 Å². The van der Waals surface area contributed by atoms with Crippen molar-refractivity contribution in [2.75, 3.05) is 72.4 Å². The molecule has 0 radical (unpaired) electrons. The fourth-order valence-electron chi connectivity index (χ4n) is 6.61. The van der Waals surface area contributed by atoms with E-state index in [-0.39, 0.29) is 62.5 Å². The zero-order chi connectivity index (χ0) is 42.2. The van der Waals surface area contributed by atoms with E-state index in [0.717, 1.165) is 23.8 Å². The number of hydrogen-bond acceptors (Lipinski definition) is 9. The highest BCUT2D eigenvalue weighted by Crippen LogP contribution is 2.41. The number of halogens is 2. The Morgan fingerprint density at radius 3 is 2.21 bits per heavy atom. The van der Waals surface area contributed by atoms with E-state index in [1.165, 1.54) is 4.90 Å². The van der Waals surface area contributed by atoms with E-state index in [4.69, 9.17) is 19.9 Å². The molecule has 1 aliphatic rings. The molecule has 5 N–H and O–H groups in total. The predicted octanol–water partition coefficient (Wildman–Crippen LogP) is 3.01. The van der Waals surface area contributed by atoms with E-state index in [0.29, 0.717) is 57.4 Å². The van der Waals surface area contributed by atoms with Gasteiger partial charge < -0.3 is 50.1 Å². The predicted molar refractivity (Wildman–Crippen MR) is 213 cm³/mol. The van der Waals surface area contributed by atoms with Crippen molar-refractivity contribution < 1.29 is 47.3 Å². The fourth-order valence-corrected chi connectivity index (χ4v) is 6.61. The highest BCUT2D eigenvalue weighted by molar-refractivity contribution is 5.96. The van der Waals surface area contributed by atoms with Crippen molar-refractivity contribution in [1.82, 2.24) is 25.0 Å². The van der Waals surface area contributed by atoms with Gasteiger partial charge in [0.15, 0.2) is 0 Å². The molecular formula is C42H58F2N6O8. The van der Waals surface area contributed by atoms with Crippen molar-refractivity contribution in [3.63, 3.8) is 0 Å². The quantitative estimate of drug-likeness (QED) is 0.0740. The number of aliphatic hydroxyl groups is 1. The van der Waals surface area contributed by atoms with Crippen LogP contribution in [0.15, 0.2) is 60.8 Å². The Labute approximate surface area is 339 Å². The maximum atomic E-state index is 15.0. The molecule has 4 amide bonds. The van der Waals surface area contributed by atoms with Crippen LogP contribution >= 0.6 is 0 Å². The molecule has 4 rings (SSSR count). The molecule has 58 heavy (non-hydrogen) atoms. The first-order chi connectivity index (χ1) is 27.7. The average molecular weight is 813 g/mol. The van der Waals surface area contributed by atoms with E-state index in [2.05, 4.69) is 10.6 Å². The van der Waals surface area contributed by atoms with Crippen LogP contribution in [0.5, 0.6) is 0 Å². The molecule has 0 aliphatic carbocycles. The third-order valence-electron chi connectivity index (χ3n) is 9.73. The molecule has 2 aromatic carbocycles. The zero-order valence-electron chi connectivity index (χ0n) is 33.9. The first kappa shape index (κ1) is 46.0. The summed E-state index contributed by atoms with van der Waals surface area (Å²) in [6, 6.07) is 12.8. The monoisotopic (exact) mass is 812 g/mol. The molecule has 14 nitrogen and oxygen atoms in total. The number of rotatable bonds is 25. The number of nitrogens with one attached hydrogen (secondary N) is 2. The van der Waals surface area contributed by atoms with Gasteiger partial charge in [-0.15, -0.1) is 0 Å². The maximum Gasteiger partial charge on any atom is 0.248 e. The summed E-state index contributed by atoms with van der Waals surface area (Å²) in [5.74, 6) is -2.37. The van der Waals surface area contributed by atoms with Gasteiger partial charge in [0, 0.05) is 62.2 Å². The number of carbonyl (C=O) groups excluding carboxylic acids is 4. The minimum absolute atomic E-state index is 0.0000606. The van der Waals surface area contributed by atoms with Crippen molar-refractivity contribution in [3.8, 4) is 11.1 Å². The van der Waals surface area contributed by atoms with Crippen LogP contribution in [0.2, 0.25) is 0 Å². The largest absolute Gasteiger partial charge is 0.387 e. The molecular weight excluding hydrogens is 754 g/mol. The van der Waals surface area contributed by atoms with Gasteiger partial charge in [-0.05, 0) is 48.6 Å². The Hall–Kier alpha value is -4.74. The van der Waals surface area contributed by atoms with Gasteiger partial charge in [0.1, 0.15) is 24.3 Å². The lowest BCUT2D eigenvalue weighted by molar-refractivity contribution is -0.140. The van der Waals surface area contributed by atoms with Gasteiger partial charge in [-0.2, -0.15) is 0 Å². The minimum atomic E-state index is -1.02. The van der Waals surface area contributed by atoms with Gasteiger partial charge in [0.25, 0.3) is 0 Å². The molecule has 0 bridgehead atoms. The second-order valence-corrected chi connectivity index (χ2v) is 15.2. The molecule has 3 atom stereocenters. The van der Waals surface area contributed by atoms with Crippen molar-refractivity contribution >= 4 is 23.6 Å². The summed E-state index contributed by atoms with van der Waals surface area (Å²) in [6.07, 6.45) is 1.90. The minimum Gasteiger partial charge on any atom is -0.387 e. The number of carbonyl (C=O) groups is 4. The third kappa shape index (κ3) is 14.0. The number of aliphatic hydroxyl groups excluding tert-OH is 1. The van der Waals surface area contributed by atoms with Crippen LogP contribution in [0.4, 0.5) is 8.78 Å². The first-order valence-corrected chi connectivity index (χ1v) is 19.6. The molecule has 0 saturated carbocycles. The van der Waals surface area contributed by atoms with E-state index in [1.807, 2.05) is 62.6 Å². The van der Waals surface area contributed by atoms with E-state index in [1.54, 1.807) is 17.2 Å². The summed E-state index contributed by atoms with van der Waals surface area (Å²) in [5, 5.41) is 15.5. The molecule has 1 aliphatic heterocycles. The molecule has 1 aromatic heterocycles. The number of nitrogens with two attached hydrogens (primary N) is 1. The Morgan fingerprint density at radius 1 is 0.931 bits per heavy atom. The lowest BCUT2D eigenvalue weighted by atomic mass is 9.82. The summed E-state index contributed by atoms with van der Waals surface area (Å²) in [7, 11) is 0. The van der Waals surface area contributed by atoms with Crippen LogP contribution in [-0.2, 0) is 39.9 Å². The summed E-state index contributed by atoms with van der Waals surface area (Å²) < 4.78 is 47.5. The van der Waals surface area contributed by atoms with Crippen LogP contribution in [0.25, 0.3) is 11.1 Å². The Morgan fingerprint density at radius 2 is 1.57 bits per heavy atom. The van der Waals surface area contributed by atoms with Gasteiger partial charge in [-0.1, -0.05) is 51.1 Å². The number of amides is 4. The molecule has 3 aromatic rings.